The van der Waals surface area contributed by atoms with Crippen molar-refractivity contribution in [1.29, 1.82) is 0 Å². The van der Waals surface area contributed by atoms with Crippen molar-refractivity contribution in [1.82, 2.24) is 0 Å². The second-order valence-corrected chi connectivity index (χ2v) is 15.7. The average Bonchev–Trinajstić information content (AvgIpc) is 2.55. The summed E-state index contributed by atoms with van der Waals surface area (Å²) in [6.07, 6.45) is 8.85. The molecule has 1 N–H and O–H groups in total. The number of rotatable bonds is 10. The molecule has 2 nitrogen and oxygen atoms in total. The van der Waals surface area contributed by atoms with Crippen molar-refractivity contribution in [3.05, 3.63) is 33.4 Å². The summed E-state index contributed by atoms with van der Waals surface area (Å²) in [5.74, 6) is -0.878. The predicted octanol–water partition coefficient (Wildman–Crippen LogP) is 6.87. The molecule has 0 aliphatic heterocycles. The molecule has 0 spiro atoms. The largest absolute Gasteiger partial charge is 0.478 e. The molecular formula is C19H32IO2Sn. The Labute approximate surface area is 163 Å². The smallest absolute Gasteiger partial charge is 0.335 e. The number of aromatic carboxylic acids is 1. The van der Waals surface area contributed by atoms with E-state index in [0.717, 1.165) is 3.57 Å². The number of hydrogen-bond donors (Lipinski definition) is 1. The third-order valence-corrected chi connectivity index (χ3v) is 13.5. The van der Waals surface area contributed by atoms with Gasteiger partial charge in [-0.15, -0.1) is 0 Å². The fourth-order valence-corrected chi connectivity index (χ4v) is 12.1. The van der Waals surface area contributed by atoms with Crippen LogP contribution in [0.4, 0.5) is 0 Å². The van der Waals surface area contributed by atoms with Crippen LogP contribution in [0.25, 0.3) is 0 Å². The molecule has 131 valence electrons. The molecule has 0 fully saturated rings. The third-order valence-electron chi connectivity index (χ3n) is 3.74. The molecule has 1 aromatic rings. The van der Waals surface area contributed by atoms with Crippen molar-refractivity contribution in [3.8, 4) is 0 Å². The Balaban J connectivity index is 0.000000433. The van der Waals surface area contributed by atoms with Crippen molar-refractivity contribution in [2.45, 2.75) is 72.6 Å². The maximum Gasteiger partial charge on any atom is 0.335 e. The van der Waals surface area contributed by atoms with E-state index in [1.165, 1.54) is 38.5 Å². The van der Waals surface area contributed by atoms with Gasteiger partial charge in [0.05, 0.1) is 5.56 Å². The summed E-state index contributed by atoms with van der Waals surface area (Å²) in [5.41, 5.74) is 0.334. The molecule has 0 aliphatic carbocycles. The summed E-state index contributed by atoms with van der Waals surface area (Å²) in [5, 5.41) is 8.47. The van der Waals surface area contributed by atoms with E-state index >= 15 is 0 Å². The molecule has 0 aromatic heterocycles. The molecule has 0 heterocycles. The van der Waals surface area contributed by atoms with Gasteiger partial charge >= 0.3 is 98.3 Å². The summed E-state index contributed by atoms with van der Waals surface area (Å²) < 4.78 is 6.08. The van der Waals surface area contributed by atoms with Crippen LogP contribution in [0, 0.1) is 3.57 Å². The van der Waals surface area contributed by atoms with Crippen LogP contribution in [0.3, 0.4) is 0 Å². The minimum atomic E-state index is -0.878. The molecule has 0 saturated heterocycles. The monoisotopic (exact) mass is 539 g/mol. The van der Waals surface area contributed by atoms with E-state index in [1.54, 1.807) is 37.6 Å². The first kappa shape index (κ1) is 23.2. The minimum Gasteiger partial charge on any atom is -0.478 e. The predicted molar refractivity (Wildman–Crippen MR) is 111 cm³/mol. The van der Waals surface area contributed by atoms with Crippen LogP contribution >= 0.6 is 22.6 Å². The van der Waals surface area contributed by atoms with Crippen LogP contribution in [-0.2, 0) is 0 Å². The van der Waals surface area contributed by atoms with Gasteiger partial charge in [-0.05, 0) is 46.9 Å². The number of hydrogen-bond acceptors (Lipinski definition) is 1. The van der Waals surface area contributed by atoms with Crippen molar-refractivity contribution in [2.75, 3.05) is 0 Å². The Bertz CT molecular complexity index is 387. The standard InChI is InChI=1S/C7H5IO2.3C4H9.Sn/c8-6-3-1-5(2-4-6)7(9)10;3*1-3-4-2;/h1-4H,(H,9,10);3*1,3-4H2,2H3;. The van der Waals surface area contributed by atoms with Gasteiger partial charge in [-0.25, -0.2) is 4.79 Å². The molecule has 1 aromatic carbocycles. The molecular weight excluding hydrogens is 506 g/mol. The van der Waals surface area contributed by atoms with Gasteiger partial charge < -0.3 is 5.11 Å². The van der Waals surface area contributed by atoms with Crippen molar-refractivity contribution in [2.24, 2.45) is 0 Å². The number of carbonyl (C=O) groups is 1. The maximum absolute atomic E-state index is 10.3. The van der Waals surface area contributed by atoms with Crippen LogP contribution in [0.5, 0.6) is 0 Å². The Kier molecular flexibility index (Phi) is 15.9. The van der Waals surface area contributed by atoms with Crippen molar-refractivity contribution in [3.63, 3.8) is 0 Å². The van der Waals surface area contributed by atoms with Crippen LogP contribution in [0.15, 0.2) is 24.3 Å². The Morgan fingerprint density at radius 3 is 1.61 bits per heavy atom. The van der Waals surface area contributed by atoms with Crippen molar-refractivity contribution < 1.29 is 9.90 Å². The van der Waals surface area contributed by atoms with Crippen LogP contribution in [-0.4, -0.2) is 30.8 Å². The first-order valence-electron chi connectivity index (χ1n) is 8.87. The summed E-state index contributed by atoms with van der Waals surface area (Å²) in [7, 11) is 0. The summed E-state index contributed by atoms with van der Waals surface area (Å²) in [4.78, 5) is 10.3. The zero-order chi connectivity index (χ0) is 17.5. The molecule has 4 heteroatoms. The zero-order valence-electron chi connectivity index (χ0n) is 14.9. The first-order valence-corrected chi connectivity index (χ1v) is 16.0. The van der Waals surface area contributed by atoms with Gasteiger partial charge in [0.15, 0.2) is 0 Å². The molecule has 23 heavy (non-hydrogen) atoms. The van der Waals surface area contributed by atoms with Crippen molar-refractivity contribution >= 4 is 48.3 Å². The summed E-state index contributed by atoms with van der Waals surface area (Å²) in [6.45, 7) is 7.00. The van der Waals surface area contributed by atoms with Gasteiger partial charge in [-0.2, -0.15) is 0 Å². The van der Waals surface area contributed by atoms with Crippen LogP contribution in [0.1, 0.15) is 69.7 Å². The Hall–Kier alpha value is 0.219. The molecule has 0 aliphatic rings. The Morgan fingerprint density at radius 1 is 0.913 bits per heavy atom. The van der Waals surface area contributed by atoms with Gasteiger partial charge in [0.2, 0.25) is 0 Å². The van der Waals surface area contributed by atoms with Crippen LogP contribution in [0.2, 0.25) is 13.3 Å². The SMILES string of the molecule is CCC[CH2][Sn]([CH2]CCC)[CH2]CCC.O=C(O)c1ccc(I)cc1. The fourth-order valence-electron chi connectivity index (χ4n) is 2.25. The maximum atomic E-state index is 10.3. The summed E-state index contributed by atoms with van der Waals surface area (Å²) >= 11 is 1.29. The second kappa shape index (κ2) is 15.7. The van der Waals surface area contributed by atoms with Gasteiger partial charge in [0.1, 0.15) is 0 Å². The van der Waals surface area contributed by atoms with E-state index in [2.05, 4.69) is 43.4 Å². The Morgan fingerprint density at radius 2 is 1.30 bits per heavy atom. The zero-order valence-corrected chi connectivity index (χ0v) is 19.9. The second-order valence-electron chi connectivity index (χ2n) is 5.87. The third kappa shape index (κ3) is 13.2. The molecule has 0 saturated carbocycles. The molecule has 0 amide bonds. The minimum absolute atomic E-state index is 0.334. The van der Waals surface area contributed by atoms with E-state index < -0.39 is 25.7 Å². The topological polar surface area (TPSA) is 37.3 Å². The molecule has 0 atom stereocenters. The van der Waals surface area contributed by atoms with E-state index in [-0.39, 0.29) is 0 Å². The quantitative estimate of drug-likeness (QED) is 0.261. The number of halogens is 1. The van der Waals surface area contributed by atoms with Crippen LogP contribution < -0.4 is 0 Å². The average molecular weight is 538 g/mol. The van der Waals surface area contributed by atoms with E-state index in [1.807, 2.05) is 0 Å². The first-order chi connectivity index (χ1) is 11.0. The fraction of sp³-hybridized carbons (Fsp3) is 0.632. The van der Waals surface area contributed by atoms with E-state index in [4.69, 9.17) is 5.11 Å². The van der Waals surface area contributed by atoms with E-state index in [9.17, 15) is 4.79 Å². The summed E-state index contributed by atoms with van der Waals surface area (Å²) in [6, 6.07) is 6.71. The molecule has 0 bridgehead atoms. The van der Waals surface area contributed by atoms with Gasteiger partial charge in [0.25, 0.3) is 0 Å². The normalized spacial score (nSPS) is 10.3. The number of benzene rings is 1. The number of unbranched alkanes of at least 4 members (excludes halogenated alkanes) is 3. The van der Waals surface area contributed by atoms with Gasteiger partial charge in [-0.1, -0.05) is 0 Å². The molecule has 1 rings (SSSR count). The van der Waals surface area contributed by atoms with E-state index in [0.29, 0.717) is 5.56 Å². The molecule has 0 unspecified atom stereocenters. The number of carboxylic acids is 1. The molecule has 1 radical (unpaired) electrons. The van der Waals surface area contributed by atoms with Gasteiger partial charge in [-0.3, -0.25) is 0 Å². The number of carboxylic acid groups (broad SMARTS) is 1. The van der Waals surface area contributed by atoms with Gasteiger partial charge in [0, 0.05) is 3.57 Å².